The largest absolute Gasteiger partial charge is 0.321 e. The number of benzene rings is 1. The molecule has 1 aliphatic rings. The smallest absolute Gasteiger partial charge is 0.256 e. The first-order valence-electron chi connectivity index (χ1n) is 6.83. The van der Waals surface area contributed by atoms with Crippen molar-refractivity contribution in [2.45, 2.75) is 13.1 Å². The maximum atomic E-state index is 13.6. The Balaban J connectivity index is 1.68. The number of carbonyl (C=O) groups is 1. The summed E-state index contributed by atoms with van der Waals surface area (Å²) in [6.07, 6.45) is 3.12. The van der Waals surface area contributed by atoms with E-state index in [0.717, 1.165) is 24.3 Å². The van der Waals surface area contributed by atoms with E-state index in [1.54, 1.807) is 6.20 Å². The van der Waals surface area contributed by atoms with Gasteiger partial charge in [-0.25, -0.2) is 4.39 Å². The number of nitrogens with one attached hydrogen (secondary N) is 3. The molecule has 3 heterocycles. The number of amides is 1. The molecule has 0 bridgehead atoms. The number of hydrogen-bond donors (Lipinski definition) is 3. The molecule has 0 saturated heterocycles. The minimum absolute atomic E-state index is 0.238. The fourth-order valence-corrected chi connectivity index (χ4v) is 2.64. The second-order valence-corrected chi connectivity index (χ2v) is 5.17. The molecule has 0 atom stereocenters. The molecule has 1 aliphatic heterocycles. The van der Waals surface area contributed by atoms with Gasteiger partial charge in [-0.3, -0.25) is 14.9 Å². The molecule has 0 fully saturated rings. The monoisotopic (exact) mass is 297 g/mol. The average molecular weight is 297 g/mol. The Morgan fingerprint density at radius 1 is 1.23 bits per heavy atom. The normalized spacial score (nSPS) is 13.3. The van der Waals surface area contributed by atoms with Gasteiger partial charge in [-0.05, 0) is 23.8 Å². The number of H-pyrrole nitrogens is 1. The first kappa shape index (κ1) is 12.9. The molecule has 22 heavy (non-hydrogen) atoms. The van der Waals surface area contributed by atoms with Crippen LogP contribution in [0.15, 0.2) is 30.6 Å². The van der Waals surface area contributed by atoms with Gasteiger partial charge in [0.2, 0.25) is 0 Å². The van der Waals surface area contributed by atoms with Crippen LogP contribution in [0, 0.1) is 5.82 Å². The van der Waals surface area contributed by atoms with Gasteiger partial charge in [0, 0.05) is 18.5 Å². The number of rotatable bonds is 2. The lowest BCUT2D eigenvalue weighted by atomic mass is 10.1. The van der Waals surface area contributed by atoms with E-state index in [2.05, 4.69) is 25.8 Å². The van der Waals surface area contributed by atoms with Gasteiger partial charge >= 0.3 is 0 Å². The van der Waals surface area contributed by atoms with Crippen LogP contribution in [0.1, 0.15) is 21.6 Å². The highest BCUT2D eigenvalue weighted by Crippen LogP contribution is 2.21. The number of aromatic nitrogens is 3. The summed E-state index contributed by atoms with van der Waals surface area (Å²) in [4.78, 5) is 16.7. The molecule has 0 unspecified atom stereocenters. The summed E-state index contributed by atoms with van der Waals surface area (Å²) < 4.78 is 13.6. The van der Waals surface area contributed by atoms with Crippen molar-refractivity contribution in [2.24, 2.45) is 0 Å². The summed E-state index contributed by atoms with van der Waals surface area (Å²) in [5.41, 5.74) is 3.36. The minimum atomic E-state index is -0.488. The molecule has 6 nitrogen and oxygen atoms in total. The van der Waals surface area contributed by atoms with Crippen LogP contribution in [0.3, 0.4) is 0 Å². The Hall–Kier alpha value is -2.80. The molecule has 0 radical (unpaired) electrons. The highest BCUT2D eigenvalue weighted by Gasteiger charge is 2.16. The summed E-state index contributed by atoms with van der Waals surface area (Å²) in [7, 11) is 0. The zero-order valence-corrected chi connectivity index (χ0v) is 11.5. The highest BCUT2D eigenvalue weighted by molar-refractivity contribution is 6.12. The van der Waals surface area contributed by atoms with Gasteiger partial charge in [-0.1, -0.05) is 0 Å². The van der Waals surface area contributed by atoms with Crippen LogP contribution in [0.2, 0.25) is 0 Å². The number of nitrogens with zero attached hydrogens (tertiary/aromatic N) is 2. The number of fused-ring (bicyclic) bond motifs is 2. The van der Waals surface area contributed by atoms with Gasteiger partial charge in [0.05, 0.1) is 34.9 Å². The Labute approximate surface area is 124 Å². The third kappa shape index (κ3) is 2.11. The second kappa shape index (κ2) is 4.88. The van der Waals surface area contributed by atoms with Gasteiger partial charge < -0.3 is 10.6 Å². The van der Waals surface area contributed by atoms with E-state index in [0.29, 0.717) is 16.6 Å². The van der Waals surface area contributed by atoms with E-state index in [-0.39, 0.29) is 5.56 Å². The lowest BCUT2D eigenvalue weighted by Crippen LogP contribution is -2.13. The average Bonchev–Trinajstić information content (AvgIpc) is 3.13. The first-order valence-corrected chi connectivity index (χ1v) is 6.83. The van der Waals surface area contributed by atoms with Crippen LogP contribution >= 0.6 is 0 Å². The SMILES string of the molecule is O=C(Nc1cnc2c(c1)CNC2)c1cc(F)cc2[nH]ncc12. The lowest BCUT2D eigenvalue weighted by molar-refractivity contribution is 0.102. The van der Waals surface area contributed by atoms with Crippen LogP contribution in [-0.4, -0.2) is 21.1 Å². The molecule has 3 N–H and O–H groups in total. The number of hydrogen-bond acceptors (Lipinski definition) is 4. The second-order valence-electron chi connectivity index (χ2n) is 5.17. The van der Waals surface area contributed by atoms with Gasteiger partial charge in [0.15, 0.2) is 0 Å². The fraction of sp³-hybridized carbons (Fsp3) is 0.133. The standard InChI is InChI=1S/C15H12FN5O/c16-9-2-11(12-6-19-21-13(12)3-9)15(22)20-10-1-8-4-17-7-14(8)18-5-10/h1-3,5-6,17H,4,7H2,(H,19,21)(H,20,22). The van der Waals surface area contributed by atoms with Crippen molar-refractivity contribution in [1.82, 2.24) is 20.5 Å². The summed E-state index contributed by atoms with van der Waals surface area (Å²) in [5.74, 6) is -0.878. The predicted molar refractivity (Wildman–Crippen MR) is 78.8 cm³/mol. The van der Waals surface area contributed by atoms with Crippen molar-refractivity contribution in [3.8, 4) is 0 Å². The molecule has 3 aromatic rings. The fourth-order valence-electron chi connectivity index (χ4n) is 2.64. The molecule has 7 heteroatoms. The third-order valence-electron chi connectivity index (χ3n) is 3.69. The van der Waals surface area contributed by atoms with E-state index >= 15 is 0 Å². The van der Waals surface area contributed by atoms with Crippen LogP contribution in [-0.2, 0) is 13.1 Å². The van der Waals surface area contributed by atoms with Gasteiger partial charge in [0.25, 0.3) is 5.91 Å². The molecule has 0 saturated carbocycles. The van der Waals surface area contributed by atoms with Gasteiger partial charge in [0.1, 0.15) is 5.82 Å². The number of carbonyl (C=O) groups excluding carboxylic acids is 1. The molecular weight excluding hydrogens is 285 g/mol. The number of pyridine rings is 1. The van der Waals surface area contributed by atoms with Crippen LogP contribution in [0.4, 0.5) is 10.1 Å². The maximum absolute atomic E-state index is 13.6. The molecule has 4 rings (SSSR count). The van der Waals surface area contributed by atoms with Crippen LogP contribution < -0.4 is 10.6 Å². The molecule has 0 spiro atoms. The molecular formula is C15H12FN5O. The quantitative estimate of drug-likeness (QED) is 0.675. The molecule has 1 aromatic carbocycles. The zero-order valence-electron chi connectivity index (χ0n) is 11.5. The Morgan fingerprint density at radius 2 is 2.14 bits per heavy atom. The Kier molecular flexibility index (Phi) is 2.87. The highest BCUT2D eigenvalue weighted by atomic mass is 19.1. The molecule has 110 valence electrons. The number of halogens is 1. The molecule has 1 amide bonds. The number of anilines is 1. The summed E-state index contributed by atoms with van der Waals surface area (Å²) in [6.45, 7) is 1.47. The summed E-state index contributed by atoms with van der Waals surface area (Å²) >= 11 is 0. The summed E-state index contributed by atoms with van der Waals surface area (Å²) in [6, 6.07) is 4.39. The van der Waals surface area contributed by atoms with Crippen molar-refractivity contribution in [2.75, 3.05) is 5.32 Å². The lowest BCUT2D eigenvalue weighted by Gasteiger charge is -2.07. The number of aromatic amines is 1. The van der Waals surface area contributed by atoms with E-state index < -0.39 is 11.7 Å². The van der Waals surface area contributed by atoms with E-state index in [9.17, 15) is 9.18 Å². The van der Waals surface area contributed by atoms with Crippen LogP contribution in [0.5, 0.6) is 0 Å². The topological polar surface area (TPSA) is 82.7 Å². The van der Waals surface area contributed by atoms with Crippen LogP contribution in [0.25, 0.3) is 10.9 Å². The van der Waals surface area contributed by atoms with E-state index in [4.69, 9.17) is 0 Å². The zero-order chi connectivity index (χ0) is 15.1. The van der Waals surface area contributed by atoms with Gasteiger partial charge in [-0.2, -0.15) is 5.10 Å². The van der Waals surface area contributed by atoms with Crippen molar-refractivity contribution >= 4 is 22.5 Å². The van der Waals surface area contributed by atoms with Crippen molar-refractivity contribution in [3.05, 3.63) is 53.2 Å². The van der Waals surface area contributed by atoms with Crippen molar-refractivity contribution < 1.29 is 9.18 Å². The Morgan fingerprint density at radius 3 is 3.05 bits per heavy atom. The van der Waals surface area contributed by atoms with Crippen molar-refractivity contribution in [3.63, 3.8) is 0 Å². The Bertz CT molecular complexity index is 889. The first-order chi connectivity index (χ1) is 10.7. The predicted octanol–water partition coefficient (Wildman–Crippen LogP) is 1.95. The maximum Gasteiger partial charge on any atom is 0.256 e. The minimum Gasteiger partial charge on any atom is -0.321 e. The molecule has 0 aliphatic carbocycles. The summed E-state index contributed by atoms with van der Waals surface area (Å²) in [5, 5.41) is 13.0. The third-order valence-corrected chi connectivity index (χ3v) is 3.69. The van der Waals surface area contributed by atoms with E-state index in [1.165, 1.54) is 18.3 Å². The van der Waals surface area contributed by atoms with Crippen molar-refractivity contribution in [1.29, 1.82) is 0 Å². The van der Waals surface area contributed by atoms with E-state index in [1.807, 2.05) is 6.07 Å². The molecule has 2 aromatic heterocycles. The van der Waals surface area contributed by atoms with Gasteiger partial charge in [-0.15, -0.1) is 0 Å².